The van der Waals surface area contributed by atoms with E-state index in [1.807, 2.05) is 24.3 Å². The highest BCUT2D eigenvalue weighted by molar-refractivity contribution is 5.66. The minimum absolute atomic E-state index is 0.471. The quantitative estimate of drug-likeness (QED) is 0.540. The summed E-state index contributed by atoms with van der Waals surface area (Å²) < 4.78 is 10.6. The van der Waals surface area contributed by atoms with Crippen molar-refractivity contribution in [2.45, 2.75) is 13.8 Å². The number of rotatable bonds is 9. The summed E-state index contributed by atoms with van der Waals surface area (Å²) in [6.07, 6.45) is 1.71. The Labute approximate surface area is 171 Å². The van der Waals surface area contributed by atoms with E-state index >= 15 is 0 Å². The summed E-state index contributed by atoms with van der Waals surface area (Å²) in [5.74, 6) is 2.54. The van der Waals surface area contributed by atoms with Gasteiger partial charge in [0.1, 0.15) is 17.3 Å². The minimum atomic E-state index is 0.471. The smallest absolute Gasteiger partial charge is 0.229 e. The summed E-state index contributed by atoms with van der Waals surface area (Å²) in [5, 5.41) is 6.51. The first-order valence-electron chi connectivity index (χ1n) is 9.61. The van der Waals surface area contributed by atoms with Crippen molar-refractivity contribution in [3.63, 3.8) is 0 Å². The summed E-state index contributed by atoms with van der Waals surface area (Å²) in [5.41, 5.74) is 2.93. The van der Waals surface area contributed by atoms with E-state index in [1.165, 1.54) is 5.69 Å². The summed E-state index contributed by atoms with van der Waals surface area (Å²) in [7, 11) is 3.23. The van der Waals surface area contributed by atoms with E-state index in [2.05, 4.69) is 63.6 Å². The van der Waals surface area contributed by atoms with Crippen LogP contribution in [0.2, 0.25) is 0 Å². The molecule has 2 aromatic carbocycles. The van der Waals surface area contributed by atoms with E-state index in [0.717, 1.165) is 30.2 Å². The van der Waals surface area contributed by atoms with Gasteiger partial charge in [-0.1, -0.05) is 0 Å². The standard InChI is InChI=1S/C22H27N5O2/c1-5-27(6-2)17-9-7-16(8-10-17)24-21-13-14-23-22(26-21)25-19-12-11-18(28-3)15-20(19)29-4/h7-15H,5-6H2,1-4H3,(H2,23,24,25,26). The Kier molecular flexibility index (Phi) is 6.73. The fraction of sp³-hybridized carbons (Fsp3) is 0.273. The molecule has 2 N–H and O–H groups in total. The third-order valence-electron chi connectivity index (χ3n) is 4.58. The lowest BCUT2D eigenvalue weighted by molar-refractivity contribution is 0.395. The number of nitrogens with one attached hydrogen (secondary N) is 2. The van der Waals surface area contributed by atoms with Gasteiger partial charge in [-0.15, -0.1) is 0 Å². The van der Waals surface area contributed by atoms with Crippen LogP contribution in [0, 0.1) is 0 Å². The molecule has 0 atom stereocenters. The SMILES string of the molecule is CCN(CC)c1ccc(Nc2ccnc(Nc3ccc(OC)cc3OC)n2)cc1. The minimum Gasteiger partial charge on any atom is -0.497 e. The molecular formula is C22H27N5O2. The number of methoxy groups -OCH3 is 2. The van der Waals surface area contributed by atoms with Gasteiger partial charge in [0.15, 0.2) is 0 Å². The summed E-state index contributed by atoms with van der Waals surface area (Å²) in [4.78, 5) is 11.1. The molecule has 7 heteroatoms. The van der Waals surface area contributed by atoms with E-state index in [9.17, 15) is 0 Å². The summed E-state index contributed by atoms with van der Waals surface area (Å²) in [6.45, 7) is 6.28. The zero-order chi connectivity index (χ0) is 20.6. The van der Waals surface area contributed by atoms with E-state index in [4.69, 9.17) is 9.47 Å². The number of ether oxygens (including phenoxy) is 2. The number of hydrogen-bond acceptors (Lipinski definition) is 7. The van der Waals surface area contributed by atoms with Crippen LogP contribution in [-0.4, -0.2) is 37.3 Å². The number of hydrogen-bond donors (Lipinski definition) is 2. The van der Waals surface area contributed by atoms with Crippen LogP contribution in [0.4, 0.5) is 28.8 Å². The van der Waals surface area contributed by atoms with Crippen molar-refractivity contribution in [3.05, 3.63) is 54.7 Å². The molecule has 0 bridgehead atoms. The van der Waals surface area contributed by atoms with Crippen LogP contribution in [0.1, 0.15) is 13.8 Å². The van der Waals surface area contributed by atoms with Crippen molar-refractivity contribution in [2.24, 2.45) is 0 Å². The molecule has 3 rings (SSSR count). The highest BCUT2D eigenvalue weighted by Crippen LogP contribution is 2.31. The van der Waals surface area contributed by atoms with Crippen LogP contribution < -0.4 is 25.0 Å². The molecule has 0 radical (unpaired) electrons. The maximum absolute atomic E-state index is 5.42. The van der Waals surface area contributed by atoms with Gasteiger partial charge in [-0.25, -0.2) is 4.98 Å². The third-order valence-corrected chi connectivity index (χ3v) is 4.58. The first-order valence-corrected chi connectivity index (χ1v) is 9.61. The van der Waals surface area contributed by atoms with Gasteiger partial charge in [0, 0.05) is 36.7 Å². The normalized spacial score (nSPS) is 10.3. The predicted molar refractivity (Wildman–Crippen MR) is 118 cm³/mol. The van der Waals surface area contributed by atoms with Crippen molar-refractivity contribution in [1.82, 2.24) is 9.97 Å². The van der Waals surface area contributed by atoms with Gasteiger partial charge in [-0.3, -0.25) is 0 Å². The van der Waals surface area contributed by atoms with Crippen molar-refractivity contribution in [3.8, 4) is 11.5 Å². The molecule has 0 saturated heterocycles. The zero-order valence-corrected chi connectivity index (χ0v) is 17.3. The Morgan fingerprint density at radius 2 is 1.66 bits per heavy atom. The van der Waals surface area contributed by atoms with Crippen LogP contribution in [0.5, 0.6) is 11.5 Å². The molecule has 1 aromatic heterocycles. The lowest BCUT2D eigenvalue weighted by atomic mass is 10.2. The number of anilines is 5. The lowest BCUT2D eigenvalue weighted by Gasteiger charge is -2.21. The molecule has 0 unspecified atom stereocenters. The highest BCUT2D eigenvalue weighted by Gasteiger charge is 2.08. The first-order chi connectivity index (χ1) is 14.2. The Morgan fingerprint density at radius 1 is 0.897 bits per heavy atom. The molecule has 0 spiro atoms. The van der Waals surface area contributed by atoms with Crippen LogP contribution in [0.25, 0.3) is 0 Å². The molecule has 0 aliphatic rings. The monoisotopic (exact) mass is 393 g/mol. The Balaban J connectivity index is 1.73. The molecule has 3 aromatic rings. The Bertz CT molecular complexity index is 927. The third kappa shape index (κ3) is 5.07. The number of nitrogens with zero attached hydrogens (tertiary/aromatic N) is 3. The van der Waals surface area contributed by atoms with E-state index in [-0.39, 0.29) is 0 Å². The van der Waals surface area contributed by atoms with Crippen LogP contribution in [-0.2, 0) is 0 Å². The topological polar surface area (TPSA) is 71.5 Å². The molecule has 0 aliphatic heterocycles. The second-order valence-corrected chi connectivity index (χ2v) is 6.30. The zero-order valence-electron chi connectivity index (χ0n) is 17.3. The Hall–Kier alpha value is -3.48. The molecule has 1 heterocycles. The fourth-order valence-electron chi connectivity index (χ4n) is 3.00. The maximum atomic E-state index is 5.42. The van der Waals surface area contributed by atoms with Crippen LogP contribution in [0.15, 0.2) is 54.7 Å². The summed E-state index contributed by atoms with van der Waals surface area (Å²) >= 11 is 0. The average Bonchev–Trinajstić information content (AvgIpc) is 2.76. The second kappa shape index (κ2) is 9.64. The summed E-state index contributed by atoms with van der Waals surface area (Å²) in [6, 6.07) is 15.7. The van der Waals surface area contributed by atoms with Crippen molar-refractivity contribution in [2.75, 3.05) is 42.8 Å². The first kappa shape index (κ1) is 20.3. The molecular weight excluding hydrogens is 366 g/mol. The molecule has 29 heavy (non-hydrogen) atoms. The van der Waals surface area contributed by atoms with Crippen LogP contribution in [0.3, 0.4) is 0 Å². The average molecular weight is 393 g/mol. The number of aromatic nitrogens is 2. The molecule has 0 saturated carbocycles. The van der Waals surface area contributed by atoms with E-state index in [0.29, 0.717) is 17.5 Å². The predicted octanol–water partition coefficient (Wildman–Crippen LogP) is 4.83. The Morgan fingerprint density at radius 3 is 2.31 bits per heavy atom. The van der Waals surface area contributed by atoms with Gasteiger partial charge >= 0.3 is 0 Å². The van der Waals surface area contributed by atoms with Crippen molar-refractivity contribution >= 4 is 28.8 Å². The van der Waals surface area contributed by atoms with Crippen molar-refractivity contribution in [1.29, 1.82) is 0 Å². The van der Waals surface area contributed by atoms with Gasteiger partial charge in [-0.2, -0.15) is 4.98 Å². The largest absolute Gasteiger partial charge is 0.497 e. The van der Waals surface area contributed by atoms with Crippen LogP contribution >= 0.6 is 0 Å². The van der Waals surface area contributed by atoms with E-state index in [1.54, 1.807) is 20.4 Å². The number of benzene rings is 2. The fourth-order valence-corrected chi connectivity index (χ4v) is 3.00. The second-order valence-electron chi connectivity index (χ2n) is 6.30. The molecule has 0 aliphatic carbocycles. The highest BCUT2D eigenvalue weighted by atomic mass is 16.5. The molecule has 7 nitrogen and oxygen atoms in total. The van der Waals surface area contributed by atoms with E-state index < -0.39 is 0 Å². The molecule has 152 valence electrons. The van der Waals surface area contributed by atoms with Crippen molar-refractivity contribution < 1.29 is 9.47 Å². The molecule has 0 amide bonds. The van der Waals surface area contributed by atoms with Gasteiger partial charge in [0.2, 0.25) is 5.95 Å². The van der Waals surface area contributed by atoms with Gasteiger partial charge in [0.25, 0.3) is 0 Å². The van der Waals surface area contributed by atoms with Gasteiger partial charge in [-0.05, 0) is 56.3 Å². The van der Waals surface area contributed by atoms with Gasteiger partial charge in [0.05, 0.1) is 19.9 Å². The molecule has 0 fully saturated rings. The van der Waals surface area contributed by atoms with Gasteiger partial charge < -0.3 is 25.0 Å². The lowest BCUT2D eigenvalue weighted by Crippen LogP contribution is -2.21. The maximum Gasteiger partial charge on any atom is 0.229 e.